The summed E-state index contributed by atoms with van der Waals surface area (Å²) in [5.41, 5.74) is 7.59. The lowest BCUT2D eigenvalue weighted by atomic mass is 10.1. The summed E-state index contributed by atoms with van der Waals surface area (Å²) in [5, 5.41) is 2.96. The summed E-state index contributed by atoms with van der Waals surface area (Å²) in [6.07, 6.45) is 5.05. The minimum absolute atomic E-state index is 0. The number of nitrogens with two attached hydrogens (primary N) is 1. The van der Waals surface area contributed by atoms with Crippen LogP contribution < -0.4 is 11.1 Å². The number of rotatable bonds is 6. The van der Waals surface area contributed by atoms with Crippen LogP contribution in [0.4, 0.5) is 5.69 Å². The highest BCUT2D eigenvalue weighted by Crippen LogP contribution is 2.22. The molecule has 2 atom stereocenters. The van der Waals surface area contributed by atoms with Gasteiger partial charge in [-0.3, -0.25) is 4.79 Å². The van der Waals surface area contributed by atoms with Crippen LogP contribution in [0.2, 0.25) is 0 Å². The molecule has 1 aliphatic rings. The van der Waals surface area contributed by atoms with Gasteiger partial charge in [0.25, 0.3) is 0 Å². The molecule has 1 aromatic carbocycles. The maximum Gasteiger partial charge on any atom is 0.220 e. The van der Waals surface area contributed by atoms with Crippen molar-refractivity contribution >= 4 is 24.0 Å². The fraction of sp³-hybridized carbons (Fsp3) is 0.562. The molecule has 1 heterocycles. The summed E-state index contributed by atoms with van der Waals surface area (Å²) in [5.74, 6) is 0.114. The zero-order valence-corrected chi connectivity index (χ0v) is 13.3. The lowest BCUT2D eigenvalue weighted by Gasteiger charge is -2.11. The Kier molecular flexibility index (Phi) is 7.54. The number of nitrogen functional groups attached to an aromatic ring is 1. The molecule has 0 bridgehead atoms. The van der Waals surface area contributed by atoms with Gasteiger partial charge >= 0.3 is 0 Å². The van der Waals surface area contributed by atoms with E-state index in [1.807, 2.05) is 24.3 Å². The Hall–Kier alpha value is -1.26. The Morgan fingerprint density at radius 1 is 1.33 bits per heavy atom. The molecule has 2 rings (SSSR count). The van der Waals surface area contributed by atoms with Crippen molar-refractivity contribution in [2.75, 3.05) is 12.3 Å². The molecule has 0 radical (unpaired) electrons. The zero-order chi connectivity index (χ0) is 14.4. The third-order valence-electron chi connectivity index (χ3n) is 3.73. The van der Waals surface area contributed by atoms with Crippen LogP contribution in [0.5, 0.6) is 0 Å². The van der Waals surface area contributed by atoms with E-state index in [9.17, 15) is 4.79 Å². The number of hydrogen-bond acceptors (Lipinski definition) is 3. The SMILES string of the molecule is CC1CCC(CCC(=O)NCCc2ccc(N)cc2)O1.Cl. The Morgan fingerprint density at radius 3 is 2.67 bits per heavy atom. The van der Waals surface area contributed by atoms with E-state index in [1.165, 1.54) is 5.56 Å². The highest BCUT2D eigenvalue weighted by Gasteiger charge is 2.21. The van der Waals surface area contributed by atoms with Crippen molar-refractivity contribution in [3.05, 3.63) is 29.8 Å². The third-order valence-corrected chi connectivity index (χ3v) is 3.73. The molecule has 5 heteroatoms. The van der Waals surface area contributed by atoms with Gasteiger partial charge in [-0.25, -0.2) is 0 Å². The lowest BCUT2D eigenvalue weighted by molar-refractivity contribution is -0.121. The van der Waals surface area contributed by atoms with Gasteiger partial charge in [-0.05, 0) is 50.3 Å². The summed E-state index contributed by atoms with van der Waals surface area (Å²) in [7, 11) is 0. The second-order valence-corrected chi connectivity index (χ2v) is 5.53. The van der Waals surface area contributed by atoms with Gasteiger partial charge in [-0.15, -0.1) is 12.4 Å². The van der Waals surface area contributed by atoms with E-state index in [-0.39, 0.29) is 24.4 Å². The topological polar surface area (TPSA) is 64.4 Å². The van der Waals surface area contributed by atoms with Gasteiger partial charge in [0.15, 0.2) is 0 Å². The van der Waals surface area contributed by atoms with Crippen LogP contribution in [0.15, 0.2) is 24.3 Å². The predicted octanol–water partition coefficient (Wildman–Crippen LogP) is 2.70. The maximum absolute atomic E-state index is 11.7. The normalized spacial score (nSPS) is 20.8. The molecule has 118 valence electrons. The Bertz CT molecular complexity index is 436. The smallest absolute Gasteiger partial charge is 0.220 e. The molecule has 0 aliphatic carbocycles. The molecular formula is C16H25ClN2O2. The van der Waals surface area contributed by atoms with Crippen molar-refractivity contribution in [1.82, 2.24) is 5.32 Å². The lowest BCUT2D eigenvalue weighted by Crippen LogP contribution is -2.26. The number of carbonyl (C=O) groups is 1. The van der Waals surface area contributed by atoms with Crippen molar-refractivity contribution in [3.8, 4) is 0 Å². The van der Waals surface area contributed by atoms with Gasteiger partial charge in [0.1, 0.15) is 0 Å². The van der Waals surface area contributed by atoms with Gasteiger partial charge in [-0.2, -0.15) is 0 Å². The maximum atomic E-state index is 11.7. The van der Waals surface area contributed by atoms with Crippen LogP contribution in [0.3, 0.4) is 0 Å². The third kappa shape index (κ3) is 6.36. The Labute approximate surface area is 132 Å². The predicted molar refractivity (Wildman–Crippen MR) is 87.6 cm³/mol. The number of amides is 1. The van der Waals surface area contributed by atoms with Crippen molar-refractivity contribution in [2.24, 2.45) is 0 Å². The second kappa shape index (κ2) is 8.90. The molecule has 1 aliphatic heterocycles. The standard InChI is InChI=1S/C16H24N2O2.ClH/c1-12-2-7-15(20-12)8-9-16(19)18-11-10-13-3-5-14(17)6-4-13;/h3-6,12,15H,2,7-11,17H2,1H3,(H,18,19);1H. The van der Waals surface area contributed by atoms with Crippen LogP contribution in [-0.2, 0) is 16.0 Å². The molecule has 0 aromatic heterocycles. The van der Waals surface area contributed by atoms with Crippen LogP contribution in [0, 0.1) is 0 Å². The molecule has 1 fully saturated rings. The fourth-order valence-electron chi connectivity index (χ4n) is 2.51. The largest absolute Gasteiger partial charge is 0.399 e. The van der Waals surface area contributed by atoms with E-state index in [0.717, 1.165) is 31.4 Å². The highest BCUT2D eigenvalue weighted by molar-refractivity contribution is 5.85. The van der Waals surface area contributed by atoms with Crippen LogP contribution in [0.1, 0.15) is 38.2 Å². The second-order valence-electron chi connectivity index (χ2n) is 5.53. The van der Waals surface area contributed by atoms with E-state index < -0.39 is 0 Å². The molecule has 1 saturated heterocycles. The van der Waals surface area contributed by atoms with E-state index in [1.54, 1.807) is 0 Å². The number of benzene rings is 1. The van der Waals surface area contributed by atoms with E-state index in [2.05, 4.69) is 12.2 Å². The quantitative estimate of drug-likeness (QED) is 0.794. The van der Waals surface area contributed by atoms with E-state index >= 15 is 0 Å². The van der Waals surface area contributed by atoms with Crippen molar-refractivity contribution < 1.29 is 9.53 Å². The van der Waals surface area contributed by atoms with Gasteiger partial charge in [-0.1, -0.05) is 12.1 Å². The zero-order valence-electron chi connectivity index (χ0n) is 12.5. The van der Waals surface area contributed by atoms with Crippen molar-refractivity contribution in [2.45, 2.75) is 51.2 Å². The number of anilines is 1. The van der Waals surface area contributed by atoms with Gasteiger partial charge < -0.3 is 15.8 Å². The van der Waals surface area contributed by atoms with Crippen LogP contribution in [-0.4, -0.2) is 24.7 Å². The molecular weight excluding hydrogens is 288 g/mol. The monoisotopic (exact) mass is 312 g/mol. The van der Waals surface area contributed by atoms with Gasteiger partial charge in [0, 0.05) is 18.7 Å². The van der Waals surface area contributed by atoms with E-state index in [4.69, 9.17) is 10.5 Å². The fourth-order valence-corrected chi connectivity index (χ4v) is 2.51. The first-order valence-electron chi connectivity index (χ1n) is 7.40. The van der Waals surface area contributed by atoms with Gasteiger partial charge in [0.2, 0.25) is 5.91 Å². The van der Waals surface area contributed by atoms with Crippen LogP contribution in [0.25, 0.3) is 0 Å². The molecule has 0 saturated carbocycles. The number of hydrogen-bond donors (Lipinski definition) is 2. The van der Waals surface area contributed by atoms with E-state index in [0.29, 0.717) is 19.1 Å². The minimum Gasteiger partial charge on any atom is -0.399 e. The molecule has 0 spiro atoms. The van der Waals surface area contributed by atoms with Crippen molar-refractivity contribution in [3.63, 3.8) is 0 Å². The average Bonchev–Trinajstić information content (AvgIpc) is 2.85. The molecule has 3 N–H and O–H groups in total. The summed E-state index contributed by atoms with van der Waals surface area (Å²) < 4.78 is 5.70. The summed E-state index contributed by atoms with van der Waals surface area (Å²) in [4.78, 5) is 11.7. The average molecular weight is 313 g/mol. The number of carbonyl (C=O) groups excluding carboxylic acids is 1. The molecule has 1 aromatic rings. The number of ether oxygens (including phenoxy) is 1. The molecule has 21 heavy (non-hydrogen) atoms. The first kappa shape index (κ1) is 17.8. The van der Waals surface area contributed by atoms with Crippen molar-refractivity contribution in [1.29, 1.82) is 0 Å². The molecule has 1 amide bonds. The van der Waals surface area contributed by atoms with Gasteiger partial charge in [0.05, 0.1) is 12.2 Å². The van der Waals surface area contributed by atoms with Crippen LogP contribution >= 0.6 is 12.4 Å². The minimum atomic E-state index is 0. The Balaban J connectivity index is 0.00000220. The molecule has 2 unspecified atom stereocenters. The number of halogens is 1. The summed E-state index contributed by atoms with van der Waals surface area (Å²) in [6.45, 7) is 2.76. The Morgan fingerprint density at radius 2 is 2.05 bits per heavy atom. The first-order valence-corrected chi connectivity index (χ1v) is 7.40. The summed E-state index contributed by atoms with van der Waals surface area (Å²) in [6, 6.07) is 7.76. The molecule has 4 nitrogen and oxygen atoms in total. The highest BCUT2D eigenvalue weighted by atomic mass is 35.5. The number of nitrogens with one attached hydrogen (secondary N) is 1. The first-order chi connectivity index (χ1) is 9.63. The summed E-state index contributed by atoms with van der Waals surface area (Å²) >= 11 is 0.